The van der Waals surface area contributed by atoms with Crippen molar-refractivity contribution >= 4 is 38.9 Å². The van der Waals surface area contributed by atoms with Crippen molar-refractivity contribution < 1.29 is 31.2 Å². The number of pyridine rings is 1. The Morgan fingerprint density at radius 3 is 2.52 bits per heavy atom. The Morgan fingerprint density at radius 2 is 1.81 bits per heavy atom. The lowest BCUT2D eigenvalue weighted by molar-refractivity contribution is -0.137. The number of fused-ring (bicyclic) bond motifs is 1. The summed E-state index contributed by atoms with van der Waals surface area (Å²) >= 11 is 0.799. The largest absolute Gasteiger partial charge is 0.416 e. The number of hydrogen-bond donors (Lipinski definition) is 1. The number of benzene rings is 1. The predicted octanol–water partition coefficient (Wildman–Crippen LogP) is 3.76. The highest BCUT2D eigenvalue weighted by molar-refractivity contribution is 7.94. The van der Waals surface area contributed by atoms with Crippen molar-refractivity contribution in [2.24, 2.45) is 0 Å². The van der Waals surface area contributed by atoms with Gasteiger partial charge in [-0.15, -0.1) is 11.3 Å². The number of imide groups is 1. The Morgan fingerprint density at radius 1 is 1.03 bits per heavy atom. The molecule has 7 nitrogen and oxygen atoms in total. The van der Waals surface area contributed by atoms with E-state index in [1.165, 1.54) is 36.5 Å². The van der Waals surface area contributed by atoms with E-state index in [1.54, 1.807) is 0 Å². The topological polar surface area (TPSA) is 96.4 Å². The SMILES string of the molecule is O=C1c2cccnc2C(=O)N1Cc1ccc(S(=O)(=O)Nc2cccc(C(F)(F)F)c2)s1. The van der Waals surface area contributed by atoms with Crippen LogP contribution in [0.3, 0.4) is 0 Å². The number of nitrogens with zero attached hydrogens (tertiary/aromatic N) is 2. The number of anilines is 1. The average molecular weight is 467 g/mol. The lowest BCUT2D eigenvalue weighted by atomic mass is 10.2. The molecule has 160 valence electrons. The van der Waals surface area contributed by atoms with Gasteiger partial charge >= 0.3 is 6.18 Å². The van der Waals surface area contributed by atoms with Gasteiger partial charge in [-0.3, -0.25) is 24.2 Å². The summed E-state index contributed by atoms with van der Waals surface area (Å²) in [7, 11) is -4.17. The van der Waals surface area contributed by atoms with E-state index in [1.807, 2.05) is 0 Å². The van der Waals surface area contributed by atoms with Crippen molar-refractivity contribution in [2.75, 3.05) is 4.72 Å². The van der Waals surface area contributed by atoms with Crippen LogP contribution in [0, 0.1) is 0 Å². The number of rotatable bonds is 5. The van der Waals surface area contributed by atoms with Crippen molar-refractivity contribution in [3.63, 3.8) is 0 Å². The molecule has 4 rings (SSSR count). The minimum Gasteiger partial charge on any atom is -0.279 e. The highest BCUT2D eigenvalue weighted by atomic mass is 32.2. The zero-order valence-electron chi connectivity index (χ0n) is 15.4. The Kier molecular flexibility index (Phi) is 5.06. The lowest BCUT2D eigenvalue weighted by Crippen LogP contribution is -2.28. The van der Waals surface area contributed by atoms with Crippen molar-refractivity contribution in [1.82, 2.24) is 9.88 Å². The summed E-state index contributed by atoms with van der Waals surface area (Å²) < 4.78 is 65.6. The van der Waals surface area contributed by atoms with Gasteiger partial charge < -0.3 is 0 Å². The van der Waals surface area contributed by atoms with E-state index in [0.717, 1.165) is 28.4 Å². The molecule has 0 spiro atoms. The van der Waals surface area contributed by atoms with Crippen molar-refractivity contribution in [3.8, 4) is 0 Å². The number of sulfonamides is 1. The molecule has 0 saturated heterocycles. The van der Waals surface area contributed by atoms with Crippen LogP contribution in [-0.2, 0) is 22.7 Å². The second kappa shape index (κ2) is 7.46. The Hall–Kier alpha value is -3.25. The standard InChI is InChI=1S/C19H12F3N3O4S2/c20-19(21,22)11-3-1-4-12(9-11)24-31(28,29)15-7-6-13(30-15)10-25-17(26)14-5-2-8-23-16(14)18(25)27/h1-9,24H,10H2. The third-order valence-electron chi connectivity index (χ3n) is 4.39. The Labute approximate surface area is 178 Å². The molecule has 31 heavy (non-hydrogen) atoms. The summed E-state index contributed by atoms with van der Waals surface area (Å²) in [5, 5.41) is 0. The fraction of sp³-hybridized carbons (Fsp3) is 0.105. The van der Waals surface area contributed by atoms with Crippen molar-refractivity contribution in [3.05, 3.63) is 76.4 Å². The number of halogens is 3. The molecule has 0 saturated carbocycles. The molecule has 12 heteroatoms. The van der Waals surface area contributed by atoms with Crippen LogP contribution in [0.15, 0.2) is 58.9 Å². The summed E-state index contributed by atoms with van der Waals surface area (Å²) in [5.74, 6) is -1.12. The van der Waals surface area contributed by atoms with Gasteiger partial charge in [0.15, 0.2) is 0 Å². The van der Waals surface area contributed by atoms with Crippen LogP contribution < -0.4 is 4.72 Å². The third kappa shape index (κ3) is 4.03. The van der Waals surface area contributed by atoms with Crippen LogP contribution in [0.1, 0.15) is 31.3 Å². The zero-order valence-corrected chi connectivity index (χ0v) is 17.0. The first-order valence-electron chi connectivity index (χ1n) is 8.66. The van der Waals surface area contributed by atoms with E-state index in [9.17, 15) is 31.2 Å². The molecule has 2 aromatic heterocycles. The summed E-state index contributed by atoms with van der Waals surface area (Å²) in [6, 6.07) is 9.52. The minimum absolute atomic E-state index is 0.0307. The van der Waals surface area contributed by atoms with Crippen LogP contribution in [0.25, 0.3) is 0 Å². The number of alkyl halides is 3. The molecule has 0 atom stereocenters. The molecular weight excluding hydrogens is 455 g/mol. The van der Waals surface area contributed by atoms with E-state index >= 15 is 0 Å². The smallest absolute Gasteiger partial charge is 0.279 e. The molecule has 0 aliphatic carbocycles. The molecule has 3 aromatic rings. The number of carbonyl (C=O) groups is 2. The first kappa shape index (κ1) is 21.0. The number of carbonyl (C=O) groups excluding carboxylic acids is 2. The third-order valence-corrected chi connectivity index (χ3v) is 7.33. The second-order valence-electron chi connectivity index (χ2n) is 6.50. The van der Waals surface area contributed by atoms with E-state index < -0.39 is 33.6 Å². The number of hydrogen-bond acceptors (Lipinski definition) is 6. The molecule has 3 heterocycles. The maximum absolute atomic E-state index is 12.8. The molecule has 0 radical (unpaired) electrons. The summed E-state index contributed by atoms with van der Waals surface area (Å²) in [6.07, 6.45) is -3.22. The van der Waals surface area contributed by atoms with E-state index in [2.05, 4.69) is 9.71 Å². The summed E-state index contributed by atoms with van der Waals surface area (Å²) in [5.41, 5.74) is -1.03. The number of nitrogens with one attached hydrogen (secondary N) is 1. The normalized spacial score (nSPS) is 14.1. The van der Waals surface area contributed by atoms with Crippen LogP contribution in [-0.4, -0.2) is 30.1 Å². The van der Waals surface area contributed by atoms with Crippen LogP contribution in [0.2, 0.25) is 0 Å². The summed E-state index contributed by atoms with van der Waals surface area (Å²) in [4.78, 5) is 30.1. The maximum atomic E-state index is 12.8. The van der Waals surface area contributed by atoms with Gasteiger partial charge in [-0.25, -0.2) is 8.42 Å². The van der Waals surface area contributed by atoms with E-state index in [-0.39, 0.29) is 27.7 Å². The average Bonchev–Trinajstić information content (AvgIpc) is 3.28. The van der Waals surface area contributed by atoms with Crippen LogP contribution in [0.4, 0.5) is 18.9 Å². The number of aromatic nitrogens is 1. The lowest BCUT2D eigenvalue weighted by Gasteiger charge is -2.12. The fourth-order valence-electron chi connectivity index (χ4n) is 2.97. The number of amides is 2. The Balaban J connectivity index is 1.53. The second-order valence-corrected chi connectivity index (χ2v) is 9.58. The molecule has 0 fully saturated rings. The van der Waals surface area contributed by atoms with Crippen molar-refractivity contribution in [1.29, 1.82) is 0 Å². The Bertz CT molecular complexity index is 1270. The molecule has 1 aliphatic heterocycles. The van der Waals surface area contributed by atoms with Crippen molar-refractivity contribution in [2.45, 2.75) is 16.9 Å². The van der Waals surface area contributed by atoms with E-state index in [0.29, 0.717) is 10.9 Å². The van der Waals surface area contributed by atoms with Gasteiger partial charge in [0.1, 0.15) is 9.90 Å². The van der Waals surface area contributed by atoms with Crippen LogP contribution in [0.5, 0.6) is 0 Å². The van der Waals surface area contributed by atoms with E-state index in [4.69, 9.17) is 0 Å². The molecule has 1 aromatic carbocycles. The first-order chi connectivity index (χ1) is 14.6. The molecule has 2 amide bonds. The van der Waals surface area contributed by atoms with Gasteiger partial charge in [-0.1, -0.05) is 6.07 Å². The van der Waals surface area contributed by atoms with Gasteiger partial charge in [0.05, 0.1) is 17.7 Å². The molecule has 0 unspecified atom stereocenters. The number of thiophene rings is 1. The highest BCUT2D eigenvalue weighted by Crippen LogP contribution is 2.32. The van der Waals surface area contributed by atoms with Gasteiger partial charge in [-0.05, 0) is 42.5 Å². The molecule has 1 aliphatic rings. The van der Waals surface area contributed by atoms with Gasteiger partial charge in [0, 0.05) is 16.8 Å². The maximum Gasteiger partial charge on any atom is 0.416 e. The molecular formula is C19H12F3N3O4S2. The highest BCUT2D eigenvalue weighted by Gasteiger charge is 2.37. The fourth-order valence-corrected chi connectivity index (χ4v) is 5.36. The van der Waals surface area contributed by atoms with Gasteiger partial charge in [-0.2, -0.15) is 13.2 Å². The van der Waals surface area contributed by atoms with Crippen LogP contribution >= 0.6 is 11.3 Å². The predicted molar refractivity (Wildman–Crippen MR) is 105 cm³/mol. The zero-order chi connectivity index (χ0) is 22.4. The minimum atomic E-state index is -4.61. The monoisotopic (exact) mass is 467 g/mol. The summed E-state index contributed by atoms with van der Waals surface area (Å²) in [6.45, 7) is -0.155. The quantitative estimate of drug-likeness (QED) is 0.577. The first-order valence-corrected chi connectivity index (χ1v) is 11.0. The van der Waals surface area contributed by atoms with Gasteiger partial charge in [0.25, 0.3) is 21.8 Å². The van der Waals surface area contributed by atoms with Gasteiger partial charge in [0.2, 0.25) is 0 Å². The molecule has 1 N–H and O–H groups in total. The molecule has 0 bridgehead atoms.